The Morgan fingerprint density at radius 1 is 0.950 bits per heavy atom. The molecule has 20 heavy (non-hydrogen) atoms. The van der Waals surface area contributed by atoms with Crippen molar-refractivity contribution in [2.24, 2.45) is 5.92 Å². The molecule has 0 amide bonds. The average molecular weight is 284 g/mol. The summed E-state index contributed by atoms with van der Waals surface area (Å²) in [6.45, 7) is 2.21. The Bertz CT molecular complexity index is 297. The molecule has 1 atom stereocenters. The van der Waals surface area contributed by atoms with E-state index in [4.69, 9.17) is 10.2 Å². The molecule has 0 bridgehead atoms. The fourth-order valence-electron chi connectivity index (χ4n) is 2.10. The van der Waals surface area contributed by atoms with Gasteiger partial charge in [0.25, 0.3) is 0 Å². The van der Waals surface area contributed by atoms with Crippen molar-refractivity contribution in [2.45, 2.75) is 71.1 Å². The molecule has 0 saturated heterocycles. The maximum atomic E-state index is 10.8. The Morgan fingerprint density at radius 3 is 2.15 bits per heavy atom. The molecule has 0 radical (unpaired) electrons. The van der Waals surface area contributed by atoms with Crippen LogP contribution in [0.4, 0.5) is 0 Å². The third-order valence-corrected chi connectivity index (χ3v) is 3.34. The SMILES string of the molecule is CCCCCCCCC=CCCC(CC(=O)O)C(=O)O. The first-order valence-electron chi connectivity index (χ1n) is 7.67. The van der Waals surface area contributed by atoms with E-state index >= 15 is 0 Å². The van der Waals surface area contributed by atoms with Crippen LogP contribution in [0, 0.1) is 5.92 Å². The van der Waals surface area contributed by atoms with Gasteiger partial charge in [0.05, 0.1) is 12.3 Å². The Labute approximate surface area is 121 Å². The van der Waals surface area contributed by atoms with Gasteiger partial charge in [-0.05, 0) is 25.7 Å². The summed E-state index contributed by atoms with van der Waals surface area (Å²) in [7, 11) is 0. The van der Waals surface area contributed by atoms with Gasteiger partial charge in [-0.25, -0.2) is 0 Å². The third-order valence-electron chi connectivity index (χ3n) is 3.34. The summed E-state index contributed by atoms with van der Waals surface area (Å²) in [4.78, 5) is 21.4. The molecule has 0 spiro atoms. The maximum Gasteiger partial charge on any atom is 0.307 e. The lowest BCUT2D eigenvalue weighted by molar-refractivity contribution is -0.148. The summed E-state index contributed by atoms with van der Waals surface area (Å²) < 4.78 is 0. The second-order valence-electron chi connectivity index (χ2n) is 5.24. The molecule has 0 heterocycles. The van der Waals surface area contributed by atoms with E-state index in [0.29, 0.717) is 12.8 Å². The van der Waals surface area contributed by atoms with E-state index < -0.39 is 17.9 Å². The predicted octanol–water partition coefficient (Wildman–Crippen LogP) is 4.25. The molecule has 0 aliphatic carbocycles. The minimum absolute atomic E-state index is 0.291. The van der Waals surface area contributed by atoms with Crippen LogP contribution in [0.5, 0.6) is 0 Å². The van der Waals surface area contributed by atoms with Crippen LogP contribution in [-0.4, -0.2) is 22.2 Å². The highest BCUT2D eigenvalue weighted by molar-refractivity contribution is 5.77. The van der Waals surface area contributed by atoms with E-state index in [9.17, 15) is 9.59 Å². The van der Waals surface area contributed by atoms with Crippen LogP contribution < -0.4 is 0 Å². The van der Waals surface area contributed by atoms with Crippen molar-refractivity contribution in [3.8, 4) is 0 Å². The first kappa shape index (κ1) is 18.7. The normalized spacial score (nSPS) is 12.7. The summed E-state index contributed by atoms with van der Waals surface area (Å²) in [6.07, 6.45) is 13.5. The van der Waals surface area contributed by atoms with Crippen LogP contribution in [0.1, 0.15) is 71.1 Å². The van der Waals surface area contributed by atoms with Gasteiger partial charge in [-0.1, -0.05) is 51.2 Å². The van der Waals surface area contributed by atoms with E-state index in [1.165, 1.54) is 38.5 Å². The van der Waals surface area contributed by atoms with Gasteiger partial charge in [-0.3, -0.25) is 9.59 Å². The lowest BCUT2D eigenvalue weighted by Gasteiger charge is -2.07. The molecule has 0 saturated carbocycles. The fraction of sp³-hybridized carbons (Fsp3) is 0.750. The molecule has 0 aromatic heterocycles. The highest BCUT2D eigenvalue weighted by Crippen LogP contribution is 2.13. The summed E-state index contributed by atoms with van der Waals surface area (Å²) in [5, 5.41) is 17.5. The maximum absolute atomic E-state index is 10.8. The lowest BCUT2D eigenvalue weighted by Crippen LogP contribution is -2.17. The van der Waals surface area contributed by atoms with Crippen molar-refractivity contribution < 1.29 is 19.8 Å². The first-order chi connectivity index (χ1) is 9.57. The van der Waals surface area contributed by atoms with E-state index in [2.05, 4.69) is 13.0 Å². The number of hydrogen-bond donors (Lipinski definition) is 2. The molecule has 116 valence electrons. The van der Waals surface area contributed by atoms with E-state index in [-0.39, 0.29) is 6.42 Å². The Kier molecular flexibility index (Phi) is 11.9. The fourth-order valence-corrected chi connectivity index (χ4v) is 2.10. The quantitative estimate of drug-likeness (QED) is 0.391. The van der Waals surface area contributed by atoms with Crippen molar-refractivity contribution in [3.05, 3.63) is 12.2 Å². The van der Waals surface area contributed by atoms with Crippen molar-refractivity contribution in [2.75, 3.05) is 0 Å². The predicted molar refractivity (Wildman–Crippen MR) is 79.7 cm³/mol. The molecule has 4 heteroatoms. The van der Waals surface area contributed by atoms with Gasteiger partial charge >= 0.3 is 11.9 Å². The number of carbonyl (C=O) groups is 2. The number of allylic oxidation sites excluding steroid dienone is 2. The Balaban J connectivity index is 3.58. The number of aliphatic carboxylic acids is 2. The van der Waals surface area contributed by atoms with Crippen LogP contribution in [0.3, 0.4) is 0 Å². The van der Waals surface area contributed by atoms with E-state index in [0.717, 1.165) is 6.42 Å². The minimum atomic E-state index is -1.05. The topological polar surface area (TPSA) is 74.6 Å². The zero-order valence-electron chi connectivity index (χ0n) is 12.5. The highest BCUT2D eigenvalue weighted by atomic mass is 16.4. The Hall–Kier alpha value is -1.32. The molecule has 0 rings (SSSR count). The first-order valence-corrected chi connectivity index (χ1v) is 7.67. The van der Waals surface area contributed by atoms with Gasteiger partial charge in [0, 0.05) is 0 Å². The molecule has 0 aliphatic rings. The number of carboxylic acid groups (broad SMARTS) is 2. The standard InChI is InChI=1S/C16H28O4/c1-2-3-4-5-6-7-8-9-10-11-12-14(16(19)20)13-15(17)18/h9-10,14H,2-8,11-13H2,1H3,(H,17,18)(H,19,20). The molecule has 4 nitrogen and oxygen atoms in total. The number of unbranched alkanes of at least 4 members (excludes halogenated alkanes) is 6. The third kappa shape index (κ3) is 11.8. The molecule has 1 unspecified atom stereocenters. The molecule has 0 fully saturated rings. The molecule has 0 aromatic carbocycles. The van der Waals surface area contributed by atoms with Gasteiger partial charge in [-0.15, -0.1) is 0 Å². The largest absolute Gasteiger partial charge is 0.481 e. The second kappa shape index (κ2) is 12.7. The summed E-state index contributed by atoms with van der Waals surface area (Å²) >= 11 is 0. The van der Waals surface area contributed by atoms with Gasteiger partial charge in [0.15, 0.2) is 0 Å². The minimum Gasteiger partial charge on any atom is -0.481 e. The highest BCUT2D eigenvalue weighted by Gasteiger charge is 2.19. The molecule has 2 N–H and O–H groups in total. The van der Waals surface area contributed by atoms with E-state index in [1.807, 2.05) is 6.08 Å². The van der Waals surface area contributed by atoms with Crippen LogP contribution in [0.15, 0.2) is 12.2 Å². The smallest absolute Gasteiger partial charge is 0.307 e. The van der Waals surface area contributed by atoms with Crippen LogP contribution in [-0.2, 0) is 9.59 Å². The number of hydrogen-bond acceptors (Lipinski definition) is 2. The van der Waals surface area contributed by atoms with Crippen LogP contribution in [0.25, 0.3) is 0 Å². The summed E-state index contributed by atoms with van der Waals surface area (Å²) in [5.41, 5.74) is 0. The second-order valence-corrected chi connectivity index (χ2v) is 5.24. The van der Waals surface area contributed by atoms with Gasteiger partial charge < -0.3 is 10.2 Å². The zero-order chi connectivity index (χ0) is 15.2. The van der Waals surface area contributed by atoms with Crippen LogP contribution in [0.2, 0.25) is 0 Å². The van der Waals surface area contributed by atoms with Crippen molar-refractivity contribution in [1.29, 1.82) is 0 Å². The Morgan fingerprint density at radius 2 is 1.55 bits per heavy atom. The summed E-state index contributed by atoms with van der Waals surface area (Å²) in [5.74, 6) is -2.84. The van der Waals surface area contributed by atoms with Crippen molar-refractivity contribution in [1.82, 2.24) is 0 Å². The zero-order valence-corrected chi connectivity index (χ0v) is 12.5. The van der Waals surface area contributed by atoms with E-state index in [1.54, 1.807) is 0 Å². The lowest BCUT2D eigenvalue weighted by atomic mass is 9.99. The van der Waals surface area contributed by atoms with Crippen molar-refractivity contribution in [3.63, 3.8) is 0 Å². The molecule has 0 aromatic rings. The van der Waals surface area contributed by atoms with Crippen molar-refractivity contribution >= 4 is 11.9 Å². The number of rotatable bonds is 13. The molecule has 0 aliphatic heterocycles. The van der Waals surface area contributed by atoms with Gasteiger partial charge in [0.1, 0.15) is 0 Å². The molecular formula is C16H28O4. The number of carboxylic acids is 2. The molecular weight excluding hydrogens is 256 g/mol. The van der Waals surface area contributed by atoms with Gasteiger partial charge in [-0.2, -0.15) is 0 Å². The summed E-state index contributed by atoms with van der Waals surface area (Å²) in [6, 6.07) is 0. The monoisotopic (exact) mass is 284 g/mol. The average Bonchev–Trinajstić information content (AvgIpc) is 2.39. The van der Waals surface area contributed by atoms with Gasteiger partial charge in [0.2, 0.25) is 0 Å². The van der Waals surface area contributed by atoms with Crippen LogP contribution >= 0.6 is 0 Å².